The number of benzene rings is 3. The molecule has 0 unspecified atom stereocenters. The van der Waals surface area contributed by atoms with Crippen LogP contribution in [0, 0.1) is 0 Å². The van der Waals surface area contributed by atoms with Crippen LogP contribution >= 0.6 is 0 Å². The number of H-pyrrole nitrogens is 1. The van der Waals surface area contributed by atoms with Crippen LogP contribution in [-0.4, -0.2) is 37.9 Å². The Morgan fingerprint density at radius 1 is 0.938 bits per heavy atom. The number of anilines is 1. The molecule has 0 aliphatic carbocycles. The summed E-state index contributed by atoms with van der Waals surface area (Å²) in [6.45, 7) is 2.28. The Kier molecular flexibility index (Phi) is 9.77. The Balaban J connectivity index is 1.17. The predicted octanol–water partition coefficient (Wildman–Crippen LogP) is 7.12. The van der Waals surface area contributed by atoms with Gasteiger partial charge in [-0.25, -0.2) is 8.42 Å². The minimum absolute atomic E-state index is 0.0197. The Bertz CT molecular complexity index is 1990. The molecule has 0 saturated carbocycles. The first-order valence-corrected chi connectivity index (χ1v) is 16.6. The molecular weight excluding hydrogens is 660 g/mol. The monoisotopic (exact) mass is 691 g/mol. The summed E-state index contributed by atoms with van der Waals surface area (Å²) in [5.74, 6) is -0.868. The smallest absolute Gasteiger partial charge is 0.366 e. The Labute approximate surface area is 272 Å². The van der Waals surface area contributed by atoms with E-state index in [1.807, 2.05) is 11.8 Å². The van der Waals surface area contributed by atoms with Crippen LogP contribution in [0.25, 0.3) is 17.0 Å². The van der Waals surface area contributed by atoms with E-state index in [0.717, 1.165) is 37.1 Å². The fraction of sp³-hybridized carbons (Fsp3) is 0.294. The first-order chi connectivity index (χ1) is 22.5. The number of fused-ring (bicyclic) bond motifs is 1. The SMILES string of the molecule is C[C@@H]1CC[C@H](CCNC(=O)C=Cc2ccc(S(=O)(=O)Cc3ccc(C(F)(F)F)cc3)cc2)N1c1ccc2[nH]c(=O)cc(C(F)(F)F)c2c1. The number of carbonyl (C=O) groups is 1. The summed E-state index contributed by atoms with van der Waals surface area (Å²) in [7, 11) is -3.83. The number of hydrogen-bond donors (Lipinski definition) is 2. The van der Waals surface area contributed by atoms with Gasteiger partial charge in [0.15, 0.2) is 9.84 Å². The maximum Gasteiger partial charge on any atom is 0.417 e. The number of amides is 1. The standard InChI is InChI=1S/C34H31F6N3O4S/c1-21-2-10-25(43(21)26-11-14-30-28(18-26)29(34(38,39)40)19-32(45)42-30)16-17-41-31(44)15-7-22-5-12-27(13-6-22)48(46,47)20-23-3-8-24(9-4-23)33(35,36)37/h3-9,11-15,18-19,21,25H,2,10,16-17,20H2,1H3,(H,41,44)(H,42,45)/t21-,25-/m1/s1. The molecule has 2 heterocycles. The number of aromatic nitrogens is 1. The van der Waals surface area contributed by atoms with Crippen LogP contribution in [0.5, 0.6) is 0 Å². The summed E-state index contributed by atoms with van der Waals surface area (Å²) in [4.78, 5) is 28.8. The van der Waals surface area contributed by atoms with Crippen molar-refractivity contribution in [3.8, 4) is 0 Å². The second-order valence-corrected chi connectivity index (χ2v) is 13.7. The molecular formula is C34H31F6N3O4S. The fourth-order valence-electron chi connectivity index (χ4n) is 5.93. The van der Waals surface area contributed by atoms with Gasteiger partial charge in [0.1, 0.15) is 0 Å². The molecule has 1 fully saturated rings. The Hall–Kier alpha value is -4.59. The minimum atomic E-state index is -4.70. The number of nitrogens with one attached hydrogen (secondary N) is 2. The van der Waals surface area contributed by atoms with Gasteiger partial charge < -0.3 is 15.2 Å². The highest BCUT2D eigenvalue weighted by Gasteiger charge is 2.35. The molecule has 1 aliphatic rings. The lowest BCUT2D eigenvalue weighted by atomic mass is 10.1. The van der Waals surface area contributed by atoms with E-state index in [2.05, 4.69) is 10.3 Å². The number of alkyl halides is 6. The van der Waals surface area contributed by atoms with Crippen molar-refractivity contribution in [3.05, 3.63) is 111 Å². The molecule has 1 aromatic heterocycles. The van der Waals surface area contributed by atoms with Gasteiger partial charge in [-0.15, -0.1) is 0 Å². The molecule has 3 aromatic carbocycles. The van der Waals surface area contributed by atoms with Gasteiger partial charge in [-0.1, -0.05) is 24.3 Å². The summed E-state index contributed by atoms with van der Waals surface area (Å²) < 4.78 is 105. The average Bonchev–Trinajstić information content (AvgIpc) is 3.38. The number of pyridine rings is 1. The Morgan fingerprint density at radius 3 is 2.27 bits per heavy atom. The zero-order chi connectivity index (χ0) is 34.9. The molecule has 2 atom stereocenters. The molecule has 0 spiro atoms. The topological polar surface area (TPSA) is 99.3 Å². The van der Waals surface area contributed by atoms with Crippen LogP contribution in [0.3, 0.4) is 0 Å². The van der Waals surface area contributed by atoms with Crippen LogP contribution < -0.4 is 15.8 Å². The van der Waals surface area contributed by atoms with Crippen molar-refractivity contribution in [1.29, 1.82) is 0 Å². The minimum Gasteiger partial charge on any atom is -0.366 e. The number of halogens is 6. The van der Waals surface area contributed by atoms with Gasteiger partial charge in [-0.2, -0.15) is 26.3 Å². The van der Waals surface area contributed by atoms with Crippen molar-refractivity contribution in [3.63, 3.8) is 0 Å². The maximum atomic E-state index is 13.7. The van der Waals surface area contributed by atoms with E-state index in [1.165, 1.54) is 48.6 Å². The van der Waals surface area contributed by atoms with Crippen molar-refractivity contribution in [2.45, 2.75) is 61.3 Å². The highest BCUT2D eigenvalue weighted by atomic mass is 32.2. The van der Waals surface area contributed by atoms with Gasteiger partial charge in [-0.05, 0) is 85.9 Å². The zero-order valence-electron chi connectivity index (χ0n) is 25.5. The van der Waals surface area contributed by atoms with E-state index in [9.17, 15) is 44.3 Å². The molecule has 0 bridgehead atoms. The van der Waals surface area contributed by atoms with E-state index >= 15 is 0 Å². The molecule has 254 valence electrons. The van der Waals surface area contributed by atoms with Gasteiger partial charge >= 0.3 is 12.4 Å². The lowest BCUT2D eigenvalue weighted by Crippen LogP contribution is -2.37. The van der Waals surface area contributed by atoms with Gasteiger partial charge in [0.2, 0.25) is 11.5 Å². The van der Waals surface area contributed by atoms with Crippen LogP contribution in [0.1, 0.15) is 48.4 Å². The molecule has 5 rings (SSSR count). The molecule has 1 amide bonds. The van der Waals surface area contributed by atoms with Gasteiger partial charge in [0, 0.05) is 47.4 Å². The van der Waals surface area contributed by atoms with E-state index in [0.29, 0.717) is 30.3 Å². The van der Waals surface area contributed by atoms with E-state index < -0.39 is 50.5 Å². The molecule has 7 nitrogen and oxygen atoms in total. The van der Waals surface area contributed by atoms with E-state index in [-0.39, 0.29) is 33.4 Å². The second-order valence-electron chi connectivity index (χ2n) is 11.7. The third-order valence-corrected chi connectivity index (χ3v) is 10.0. The molecule has 4 aromatic rings. The summed E-state index contributed by atoms with van der Waals surface area (Å²) in [6.07, 6.45) is -4.30. The van der Waals surface area contributed by atoms with Gasteiger partial charge in [-0.3, -0.25) is 9.59 Å². The summed E-state index contributed by atoms with van der Waals surface area (Å²) in [5.41, 5.74) is -1.26. The fourth-order valence-corrected chi connectivity index (χ4v) is 7.28. The van der Waals surface area contributed by atoms with Crippen molar-refractivity contribution in [2.24, 2.45) is 0 Å². The maximum absolute atomic E-state index is 13.7. The van der Waals surface area contributed by atoms with Crippen molar-refractivity contribution in [2.75, 3.05) is 11.4 Å². The van der Waals surface area contributed by atoms with Gasteiger partial charge in [0.25, 0.3) is 0 Å². The van der Waals surface area contributed by atoms with E-state index in [1.54, 1.807) is 6.07 Å². The number of nitrogens with zero attached hydrogens (tertiary/aromatic N) is 1. The number of sulfone groups is 1. The van der Waals surface area contributed by atoms with E-state index in [4.69, 9.17) is 0 Å². The highest BCUT2D eigenvalue weighted by molar-refractivity contribution is 7.90. The normalized spacial score (nSPS) is 17.4. The molecule has 1 saturated heterocycles. The summed E-state index contributed by atoms with van der Waals surface area (Å²) in [6, 6.07) is 14.8. The number of aromatic amines is 1. The molecule has 0 radical (unpaired) electrons. The number of rotatable bonds is 9. The number of carbonyl (C=O) groups excluding carboxylic acids is 1. The van der Waals surface area contributed by atoms with Crippen molar-refractivity contribution < 1.29 is 39.6 Å². The quantitative estimate of drug-likeness (QED) is 0.144. The second kappa shape index (κ2) is 13.5. The van der Waals surface area contributed by atoms with Crippen LogP contribution in [0.15, 0.2) is 88.6 Å². The van der Waals surface area contributed by atoms with Crippen LogP contribution in [-0.2, 0) is 32.7 Å². The first kappa shape index (κ1) is 34.7. The molecule has 1 aliphatic heterocycles. The first-order valence-electron chi connectivity index (χ1n) is 15.0. The zero-order valence-corrected chi connectivity index (χ0v) is 26.3. The van der Waals surface area contributed by atoms with Crippen LogP contribution in [0.2, 0.25) is 0 Å². The number of hydrogen-bond acceptors (Lipinski definition) is 5. The molecule has 14 heteroatoms. The third-order valence-electron chi connectivity index (χ3n) is 8.30. The van der Waals surface area contributed by atoms with Crippen molar-refractivity contribution in [1.82, 2.24) is 10.3 Å². The summed E-state index contributed by atoms with van der Waals surface area (Å²) >= 11 is 0. The average molecular weight is 692 g/mol. The largest absolute Gasteiger partial charge is 0.417 e. The highest BCUT2D eigenvalue weighted by Crippen LogP contribution is 2.38. The molecule has 2 N–H and O–H groups in total. The lowest BCUT2D eigenvalue weighted by Gasteiger charge is -2.31. The Morgan fingerprint density at radius 2 is 1.62 bits per heavy atom. The van der Waals surface area contributed by atoms with Crippen molar-refractivity contribution >= 4 is 38.4 Å². The third kappa shape index (κ3) is 8.09. The van der Waals surface area contributed by atoms with Gasteiger partial charge in [0.05, 0.1) is 21.8 Å². The lowest BCUT2D eigenvalue weighted by molar-refractivity contribution is -0.138. The summed E-state index contributed by atoms with van der Waals surface area (Å²) in [5, 5.41) is 2.70. The van der Waals surface area contributed by atoms with Crippen LogP contribution in [0.4, 0.5) is 32.0 Å². The molecule has 48 heavy (non-hydrogen) atoms. The predicted molar refractivity (Wildman–Crippen MR) is 170 cm³/mol.